The van der Waals surface area contributed by atoms with Crippen molar-refractivity contribution < 1.29 is 13.2 Å². The van der Waals surface area contributed by atoms with E-state index >= 15 is 0 Å². The molecular formula is C15H19N5O3S2. The number of nitrogens with zero attached hydrogens (tertiary/aromatic N) is 2. The maximum absolute atomic E-state index is 12.4. The summed E-state index contributed by atoms with van der Waals surface area (Å²) in [4.78, 5) is 7.78. The molecule has 1 heterocycles. The molecule has 10 heteroatoms. The standard InChI is InChI=1S/C15H19N5O3S2/c1-10(2)18-15(24)19-11-4-6-12(7-5-11)25(21,22)20-13-8-14(23-3)17-9-16-13/h4-10H,1-3H3,(H,16,17,20)(H2,18,19,24). The number of sulfonamides is 1. The van der Waals surface area contributed by atoms with E-state index in [1.54, 1.807) is 12.1 Å². The van der Waals surface area contributed by atoms with Crippen LogP contribution in [0.1, 0.15) is 13.8 Å². The first kappa shape index (κ1) is 18.9. The smallest absolute Gasteiger partial charge is 0.263 e. The zero-order valence-corrected chi connectivity index (χ0v) is 15.6. The average molecular weight is 381 g/mol. The summed E-state index contributed by atoms with van der Waals surface area (Å²) in [6.07, 6.45) is 1.21. The predicted molar refractivity (Wildman–Crippen MR) is 100 cm³/mol. The lowest BCUT2D eigenvalue weighted by Crippen LogP contribution is -2.33. The molecule has 0 fully saturated rings. The Balaban J connectivity index is 2.10. The fourth-order valence-electron chi connectivity index (χ4n) is 1.85. The molecule has 2 rings (SSSR count). The third kappa shape index (κ3) is 5.54. The van der Waals surface area contributed by atoms with E-state index < -0.39 is 10.0 Å². The van der Waals surface area contributed by atoms with E-state index in [9.17, 15) is 8.42 Å². The van der Waals surface area contributed by atoms with Gasteiger partial charge in [-0.05, 0) is 50.3 Å². The second-order valence-corrected chi connectivity index (χ2v) is 7.42. The first-order valence-electron chi connectivity index (χ1n) is 7.36. The molecule has 0 radical (unpaired) electrons. The minimum absolute atomic E-state index is 0.0957. The molecule has 25 heavy (non-hydrogen) atoms. The van der Waals surface area contributed by atoms with Gasteiger partial charge in [0.1, 0.15) is 12.1 Å². The fourth-order valence-corrected chi connectivity index (χ4v) is 3.20. The molecule has 0 aliphatic heterocycles. The van der Waals surface area contributed by atoms with Crippen molar-refractivity contribution in [2.24, 2.45) is 0 Å². The molecule has 134 valence electrons. The minimum atomic E-state index is -3.77. The van der Waals surface area contributed by atoms with Gasteiger partial charge in [-0.3, -0.25) is 4.72 Å². The van der Waals surface area contributed by atoms with Crippen LogP contribution in [0.2, 0.25) is 0 Å². The topological polar surface area (TPSA) is 105 Å². The lowest BCUT2D eigenvalue weighted by Gasteiger charge is -2.13. The fraction of sp³-hybridized carbons (Fsp3) is 0.267. The molecule has 0 amide bonds. The van der Waals surface area contributed by atoms with Crippen molar-refractivity contribution in [3.05, 3.63) is 36.7 Å². The lowest BCUT2D eigenvalue weighted by molar-refractivity contribution is 0.397. The molecule has 0 spiro atoms. The molecular weight excluding hydrogens is 362 g/mol. The van der Waals surface area contributed by atoms with Crippen molar-refractivity contribution in [2.75, 3.05) is 17.1 Å². The Bertz CT molecular complexity index is 839. The van der Waals surface area contributed by atoms with E-state index in [0.29, 0.717) is 10.8 Å². The van der Waals surface area contributed by atoms with Crippen LogP contribution >= 0.6 is 12.2 Å². The monoisotopic (exact) mass is 381 g/mol. The second-order valence-electron chi connectivity index (χ2n) is 5.33. The van der Waals surface area contributed by atoms with Crippen molar-refractivity contribution in [3.63, 3.8) is 0 Å². The number of benzene rings is 1. The normalized spacial score (nSPS) is 11.0. The molecule has 8 nitrogen and oxygen atoms in total. The summed E-state index contributed by atoms with van der Waals surface area (Å²) in [6, 6.07) is 7.80. The van der Waals surface area contributed by atoms with E-state index in [2.05, 4.69) is 25.3 Å². The van der Waals surface area contributed by atoms with Gasteiger partial charge in [0.05, 0.1) is 12.0 Å². The first-order valence-corrected chi connectivity index (χ1v) is 9.26. The number of hydrogen-bond donors (Lipinski definition) is 3. The van der Waals surface area contributed by atoms with Gasteiger partial charge in [-0.15, -0.1) is 0 Å². The number of anilines is 2. The summed E-state index contributed by atoms with van der Waals surface area (Å²) in [5.41, 5.74) is 0.681. The number of methoxy groups -OCH3 is 1. The third-order valence-electron chi connectivity index (χ3n) is 2.93. The summed E-state index contributed by atoms with van der Waals surface area (Å²) >= 11 is 5.15. The Hall–Kier alpha value is -2.46. The number of aromatic nitrogens is 2. The van der Waals surface area contributed by atoms with Crippen LogP contribution in [0.25, 0.3) is 0 Å². The number of thiocarbonyl (C=S) groups is 1. The first-order chi connectivity index (χ1) is 11.8. The van der Waals surface area contributed by atoms with Crippen molar-refractivity contribution in [3.8, 4) is 5.88 Å². The van der Waals surface area contributed by atoms with Gasteiger partial charge in [-0.2, -0.15) is 0 Å². The van der Waals surface area contributed by atoms with E-state index in [1.165, 1.54) is 31.6 Å². The van der Waals surface area contributed by atoms with Gasteiger partial charge >= 0.3 is 0 Å². The van der Waals surface area contributed by atoms with E-state index in [1.807, 2.05) is 13.8 Å². The second kappa shape index (κ2) is 8.08. The zero-order valence-electron chi connectivity index (χ0n) is 14.0. The van der Waals surface area contributed by atoms with Crippen LogP contribution < -0.4 is 20.1 Å². The minimum Gasteiger partial charge on any atom is -0.481 e. The molecule has 0 saturated carbocycles. The van der Waals surface area contributed by atoms with E-state index in [4.69, 9.17) is 17.0 Å². The van der Waals surface area contributed by atoms with Crippen LogP contribution in [0.5, 0.6) is 5.88 Å². The van der Waals surface area contributed by atoms with Gasteiger partial charge in [0.2, 0.25) is 5.88 Å². The van der Waals surface area contributed by atoms with Crippen LogP contribution in [0, 0.1) is 0 Å². The molecule has 1 aromatic carbocycles. The maximum Gasteiger partial charge on any atom is 0.263 e. The number of rotatable bonds is 6. The van der Waals surface area contributed by atoms with Gasteiger partial charge in [-0.1, -0.05) is 0 Å². The summed E-state index contributed by atoms with van der Waals surface area (Å²) < 4.78 is 32.1. The van der Waals surface area contributed by atoms with Gasteiger partial charge in [0.25, 0.3) is 10.0 Å². The highest BCUT2D eigenvalue weighted by Crippen LogP contribution is 2.18. The highest BCUT2D eigenvalue weighted by atomic mass is 32.2. The summed E-state index contributed by atoms with van der Waals surface area (Å²) in [7, 11) is -2.34. The average Bonchev–Trinajstić information content (AvgIpc) is 2.54. The van der Waals surface area contributed by atoms with Gasteiger partial charge in [0.15, 0.2) is 5.11 Å². The summed E-state index contributed by atoms with van der Waals surface area (Å²) in [5, 5.41) is 6.50. The van der Waals surface area contributed by atoms with Gasteiger partial charge in [-0.25, -0.2) is 18.4 Å². The number of nitrogens with one attached hydrogen (secondary N) is 3. The molecule has 0 atom stereocenters. The highest BCUT2D eigenvalue weighted by molar-refractivity contribution is 7.92. The molecule has 0 unspecified atom stereocenters. The van der Waals surface area contributed by atoms with Crippen LogP contribution in [0.15, 0.2) is 41.6 Å². The Morgan fingerprint density at radius 1 is 1.20 bits per heavy atom. The lowest BCUT2D eigenvalue weighted by atomic mass is 10.3. The van der Waals surface area contributed by atoms with Gasteiger partial charge < -0.3 is 15.4 Å². The Morgan fingerprint density at radius 3 is 2.48 bits per heavy atom. The SMILES string of the molecule is COc1cc(NS(=O)(=O)c2ccc(NC(=S)NC(C)C)cc2)ncn1. The molecule has 3 N–H and O–H groups in total. The molecule has 1 aromatic heterocycles. The van der Waals surface area contributed by atoms with E-state index in [-0.39, 0.29) is 22.6 Å². The molecule has 2 aromatic rings. The number of hydrogen-bond acceptors (Lipinski definition) is 6. The Kier molecular flexibility index (Phi) is 6.10. The summed E-state index contributed by atoms with van der Waals surface area (Å²) in [6.45, 7) is 3.94. The Morgan fingerprint density at radius 2 is 1.88 bits per heavy atom. The van der Waals surface area contributed by atoms with Crippen LogP contribution in [-0.2, 0) is 10.0 Å². The van der Waals surface area contributed by atoms with E-state index in [0.717, 1.165) is 0 Å². The van der Waals surface area contributed by atoms with Crippen LogP contribution in [-0.4, -0.2) is 36.6 Å². The van der Waals surface area contributed by atoms with Crippen molar-refractivity contribution in [1.29, 1.82) is 0 Å². The van der Waals surface area contributed by atoms with Crippen LogP contribution in [0.3, 0.4) is 0 Å². The zero-order chi connectivity index (χ0) is 18.4. The molecule has 0 bridgehead atoms. The largest absolute Gasteiger partial charge is 0.481 e. The molecule has 0 aliphatic rings. The van der Waals surface area contributed by atoms with Crippen LogP contribution in [0.4, 0.5) is 11.5 Å². The Labute approximate surface area is 152 Å². The molecule has 0 aliphatic carbocycles. The number of ether oxygens (including phenoxy) is 1. The third-order valence-corrected chi connectivity index (χ3v) is 4.52. The maximum atomic E-state index is 12.4. The van der Waals surface area contributed by atoms with Crippen molar-refractivity contribution in [2.45, 2.75) is 24.8 Å². The molecule has 0 saturated heterocycles. The highest BCUT2D eigenvalue weighted by Gasteiger charge is 2.15. The van der Waals surface area contributed by atoms with Crippen molar-refractivity contribution in [1.82, 2.24) is 15.3 Å². The predicted octanol–water partition coefficient (Wildman–Crippen LogP) is 1.98. The quantitative estimate of drug-likeness (QED) is 0.653. The van der Waals surface area contributed by atoms with Gasteiger partial charge in [0, 0.05) is 17.8 Å². The summed E-state index contributed by atoms with van der Waals surface area (Å²) in [5.74, 6) is 0.384. The van der Waals surface area contributed by atoms with Crippen molar-refractivity contribution >= 4 is 38.9 Å².